The number of aryl methyl sites for hydroxylation is 1. The van der Waals surface area contributed by atoms with Crippen LogP contribution >= 0.6 is 11.6 Å². The molecule has 1 aliphatic heterocycles. The standard InChI is InChI=1S/C17H15ClN4O2/c1-10-8-12(20-17(24)15-9-11(18)6-7-19-15)2-3-13(10)14-4-5-16(23)22-21-14/h2-3,6-9H,4-5H2,1H3,(H,20,24)(H,22,23). The van der Waals surface area contributed by atoms with Crippen molar-refractivity contribution in [2.45, 2.75) is 19.8 Å². The average Bonchev–Trinajstić information content (AvgIpc) is 2.56. The molecule has 24 heavy (non-hydrogen) atoms. The summed E-state index contributed by atoms with van der Waals surface area (Å²) >= 11 is 5.87. The van der Waals surface area contributed by atoms with Crippen molar-refractivity contribution < 1.29 is 9.59 Å². The number of amides is 2. The van der Waals surface area contributed by atoms with Gasteiger partial charge in [0.15, 0.2) is 0 Å². The number of carbonyl (C=O) groups is 2. The van der Waals surface area contributed by atoms with Crippen LogP contribution in [0.4, 0.5) is 5.69 Å². The number of benzene rings is 1. The Morgan fingerprint density at radius 3 is 2.75 bits per heavy atom. The van der Waals surface area contributed by atoms with E-state index in [1.807, 2.05) is 19.1 Å². The van der Waals surface area contributed by atoms with Crippen LogP contribution in [-0.4, -0.2) is 22.5 Å². The van der Waals surface area contributed by atoms with Crippen LogP contribution < -0.4 is 10.7 Å². The monoisotopic (exact) mass is 342 g/mol. The summed E-state index contributed by atoms with van der Waals surface area (Å²) in [6, 6.07) is 8.66. The van der Waals surface area contributed by atoms with Crippen LogP contribution in [0.25, 0.3) is 0 Å². The Morgan fingerprint density at radius 2 is 2.08 bits per heavy atom. The van der Waals surface area contributed by atoms with Gasteiger partial charge in [0.05, 0.1) is 5.71 Å². The molecule has 0 fully saturated rings. The average molecular weight is 343 g/mol. The molecule has 122 valence electrons. The molecule has 7 heteroatoms. The van der Waals surface area contributed by atoms with Gasteiger partial charge in [-0.2, -0.15) is 5.10 Å². The van der Waals surface area contributed by atoms with Crippen LogP contribution in [0, 0.1) is 6.92 Å². The van der Waals surface area contributed by atoms with Crippen LogP contribution in [0.1, 0.15) is 34.5 Å². The van der Waals surface area contributed by atoms with Gasteiger partial charge in [0, 0.05) is 35.3 Å². The van der Waals surface area contributed by atoms with E-state index in [0.717, 1.165) is 16.8 Å². The third-order valence-electron chi connectivity index (χ3n) is 3.65. The van der Waals surface area contributed by atoms with Gasteiger partial charge in [-0.15, -0.1) is 0 Å². The van der Waals surface area contributed by atoms with Gasteiger partial charge in [-0.3, -0.25) is 14.6 Å². The fourth-order valence-corrected chi connectivity index (χ4v) is 2.62. The zero-order valence-corrected chi connectivity index (χ0v) is 13.7. The summed E-state index contributed by atoms with van der Waals surface area (Å²) in [5.74, 6) is -0.402. The highest BCUT2D eigenvalue weighted by Gasteiger charge is 2.15. The Balaban J connectivity index is 1.77. The molecular weight excluding hydrogens is 328 g/mol. The van der Waals surface area contributed by atoms with Gasteiger partial charge in [0.25, 0.3) is 5.91 Å². The molecule has 1 aromatic heterocycles. The summed E-state index contributed by atoms with van der Waals surface area (Å²) < 4.78 is 0. The normalized spacial score (nSPS) is 13.9. The van der Waals surface area contributed by atoms with Crippen LogP contribution in [-0.2, 0) is 4.79 Å². The zero-order chi connectivity index (χ0) is 17.1. The quantitative estimate of drug-likeness (QED) is 0.899. The molecule has 0 saturated heterocycles. The smallest absolute Gasteiger partial charge is 0.274 e. The van der Waals surface area contributed by atoms with E-state index in [1.54, 1.807) is 12.1 Å². The molecule has 2 aromatic rings. The van der Waals surface area contributed by atoms with E-state index in [9.17, 15) is 9.59 Å². The number of pyridine rings is 1. The van der Waals surface area contributed by atoms with Crippen molar-refractivity contribution in [1.29, 1.82) is 0 Å². The molecule has 0 unspecified atom stereocenters. The second-order valence-corrected chi connectivity index (χ2v) is 5.87. The summed E-state index contributed by atoms with van der Waals surface area (Å²) in [6.07, 6.45) is 2.52. The van der Waals surface area contributed by atoms with Crippen molar-refractivity contribution in [3.8, 4) is 0 Å². The predicted octanol–water partition coefficient (Wildman–Crippen LogP) is 2.91. The summed E-state index contributed by atoms with van der Waals surface area (Å²) in [7, 11) is 0. The largest absolute Gasteiger partial charge is 0.321 e. The first kappa shape index (κ1) is 16.1. The molecule has 0 bridgehead atoms. The Labute approximate surface area is 143 Å². The van der Waals surface area contributed by atoms with Gasteiger partial charge in [0.2, 0.25) is 5.91 Å². The molecule has 0 saturated carbocycles. The highest BCUT2D eigenvalue weighted by Crippen LogP contribution is 2.20. The molecule has 3 rings (SSSR count). The van der Waals surface area contributed by atoms with Gasteiger partial charge in [-0.1, -0.05) is 17.7 Å². The number of hydrazone groups is 1. The first-order chi connectivity index (χ1) is 11.5. The fraction of sp³-hybridized carbons (Fsp3) is 0.176. The lowest BCUT2D eigenvalue weighted by atomic mass is 9.99. The van der Waals surface area contributed by atoms with Gasteiger partial charge >= 0.3 is 0 Å². The third kappa shape index (κ3) is 3.60. The lowest BCUT2D eigenvalue weighted by Gasteiger charge is -2.15. The van der Waals surface area contributed by atoms with Crippen molar-refractivity contribution in [2.24, 2.45) is 5.10 Å². The second kappa shape index (κ2) is 6.80. The Kier molecular flexibility index (Phi) is 4.57. The van der Waals surface area contributed by atoms with E-state index < -0.39 is 0 Å². The number of nitrogens with one attached hydrogen (secondary N) is 2. The number of aromatic nitrogens is 1. The van der Waals surface area contributed by atoms with Gasteiger partial charge in [0.1, 0.15) is 5.69 Å². The van der Waals surface area contributed by atoms with E-state index in [0.29, 0.717) is 23.6 Å². The minimum absolute atomic E-state index is 0.0747. The number of halogens is 1. The molecule has 0 radical (unpaired) electrons. The lowest BCUT2D eigenvalue weighted by molar-refractivity contribution is -0.121. The summed E-state index contributed by atoms with van der Waals surface area (Å²) in [5, 5.41) is 7.35. The maximum atomic E-state index is 12.2. The number of anilines is 1. The van der Waals surface area contributed by atoms with Crippen LogP contribution in [0.3, 0.4) is 0 Å². The molecule has 0 spiro atoms. The Morgan fingerprint density at radius 1 is 1.25 bits per heavy atom. The van der Waals surface area contributed by atoms with Crippen molar-refractivity contribution in [3.63, 3.8) is 0 Å². The van der Waals surface area contributed by atoms with Crippen LogP contribution in [0.15, 0.2) is 41.6 Å². The first-order valence-corrected chi connectivity index (χ1v) is 7.80. The van der Waals surface area contributed by atoms with E-state index >= 15 is 0 Å². The van der Waals surface area contributed by atoms with Gasteiger partial charge < -0.3 is 5.32 Å². The van der Waals surface area contributed by atoms with Crippen LogP contribution in [0.2, 0.25) is 5.02 Å². The molecular formula is C17H15ClN4O2. The zero-order valence-electron chi connectivity index (χ0n) is 13.0. The maximum Gasteiger partial charge on any atom is 0.274 e. The number of rotatable bonds is 3. The number of hydrogen-bond donors (Lipinski definition) is 2. The Bertz CT molecular complexity index is 848. The molecule has 1 aliphatic rings. The van der Waals surface area contributed by atoms with Crippen molar-refractivity contribution in [2.75, 3.05) is 5.32 Å². The van der Waals surface area contributed by atoms with Crippen molar-refractivity contribution in [1.82, 2.24) is 10.4 Å². The number of carbonyl (C=O) groups excluding carboxylic acids is 2. The van der Waals surface area contributed by atoms with Crippen molar-refractivity contribution in [3.05, 3.63) is 58.4 Å². The van der Waals surface area contributed by atoms with Gasteiger partial charge in [-0.05, 0) is 36.8 Å². The molecule has 0 atom stereocenters. The maximum absolute atomic E-state index is 12.2. The topological polar surface area (TPSA) is 83.4 Å². The highest BCUT2D eigenvalue weighted by molar-refractivity contribution is 6.31. The SMILES string of the molecule is Cc1cc(NC(=O)c2cc(Cl)ccn2)ccc1C1=NNC(=O)CC1. The molecule has 6 nitrogen and oxygen atoms in total. The third-order valence-corrected chi connectivity index (χ3v) is 3.89. The van der Waals surface area contributed by atoms with E-state index in [4.69, 9.17) is 11.6 Å². The second-order valence-electron chi connectivity index (χ2n) is 5.44. The first-order valence-electron chi connectivity index (χ1n) is 7.42. The van der Waals surface area contributed by atoms with Crippen molar-refractivity contribution >= 4 is 34.8 Å². The summed E-state index contributed by atoms with van der Waals surface area (Å²) in [6.45, 7) is 1.93. The minimum Gasteiger partial charge on any atom is -0.321 e. The lowest BCUT2D eigenvalue weighted by Crippen LogP contribution is -2.26. The molecule has 2 N–H and O–H groups in total. The molecule has 1 aromatic carbocycles. The molecule has 2 heterocycles. The number of nitrogens with zero attached hydrogens (tertiary/aromatic N) is 2. The number of hydrogen-bond acceptors (Lipinski definition) is 4. The van der Waals surface area contributed by atoms with Crippen LogP contribution in [0.5, 0.6) is 0 Å². The predicted molar refractivity (Wildman–Crippen MR) is 92.3 cm³/mol. The summed E-state index contributed by atoms with van der Waals surface area (Å²) in [4.78, 5) is 27.4. The molecule has 0 aliphatic carbocycles. The molecule has 2 amide bonds. The highest BCUT2D eigenvalue weighted by atomic mass is 35.5. The Hall–Kier alpha value is -2.73. The van der Waals surface area contributed by atoms with E-state index in [1.165, 1.54) is 12.3 Å². The minimum atomic E-state index is -0.327. The van der Waals surface area contributed by atoms with Gasteiger partial charge in [-0.25, -0.2) is 5.43 Å². The fourth-order valence-electron chi connectivity index (χ4n) is 2.46. The summed E-state index contributed by atoms with van der Waals surface area (Å²) in [5.41, 5.74) is 6.15. The van der Waals surface area contributed by atoms with E-state index in [2.05, 4.69) is 20.8 Å². The van der Waals surface area contributed by atoms with E-state index in [-0.39, 0.29) is 17.5 Å².